The second-order valence-corrected chi connectivity index (χ2v) is 3.32. The van der Waals surface area contributed by atoms with Crippen LogP contribution in [0, 0.1) is 5.41 Å². The van der Waals surface area contributed by atoms with E-state index in [1.165, 1.54) is 0 Å². The van der Waals surface area contributed by atoms with Gasteiger partial charge >= 0.3 is 5.97 Å². The van der Waals surface area contributed by atoms with E-state index in [4.69, 9.17) is 15.6 Å². The molecule has 0 radical (unpaired) electrons. The van der Waals surface area contributed by atoms with Crippen molar-refractivity contribution in [1.29, 1.82) is 0 Å². The first-order valence-electron chi connectivity index (χ1n) is 3.92. The van der Waals surface area contributed by atoms with E-state index < -0.39 is 11.4 Å². The molecule has 0 heterocycles. The standard InChI is InChI=1S/C8H17NO3/c1-6(12-3)4-8(2,5-9)7(10)11/h6H,4-5,9H2,1-3H3,(H,10,11). The van der Waals surface area contributed by atoms with Gasteiger partial charge in [-0.05, 0) is 20.3 Å². The predicted molar refractivity (Wildman–Crippen MR) is 45.9 cm³/mol. The zero-order valence-electron chi connectivity index (χ0n) is 7.83. The van der Waals surface area contributed by atoms with Crippen LogP contribution in [0.2, 0.25) is 0 Å². The number of carbonyl (C=O) groups is 1. The molecular weight excluding hydrogens is 158 g/mol. The van der Waals surface area contributed by atoms with Gasteiger partial charge < -0.3 is 15.6 Å². The highest BCUT2D eigenvalue weighted by atomic mass is 16.5. The number of nitrogens with two attached hydrogens (primary N) is 1. The van der Waals surface area contributed by atoms with Crippen LogP contribution < -0.4 is 5.73 Å². The lowest BCUT2D eigenvalue weighted by atomic mass is 9.85. The summed E-state index contributed by atoms with van der Waals surface area (Å²) in [4.78, 5) is 10.8. The first-order chi connectivity index (χ1) is 5.46. The Hall–Kier alpha value is -0.610. The second kappa shape index (κ2) is 4.42. The molecule has 0 aliphatic heterocycles. The van der Waals surface area contributed by atoms with Gasteiger partial charge in [-0.15, -0.1) is 0 Å². The monoisotopic (exact) mass is 175 g/mol. The van der Waals surface area contributed by atoms with Gasteiger partial charge in [-0.3, -0.25) is 4.79 Å². The van der Waals surface area contributed by atoms with Crippen molar-refractivity contribution in [1.82, 2.24) is 0 Å². The van der Waals surface area contributed by atoms with Gasteiger partial charge in [0.25, 0.3) is 0 Å². The maximum atomic E-state index is 10.8. The SMILES string of the molecule is COC(C)CC(C)(CN)C(=O)O. The Morgan fingerprint density at radius 3 is 2.50 bits per heavy atom. The molecule has 0 saturated heterocycles. The van der Waals surface area contributed by atoms with Crippen molar-refractivity contribution in [2.24, 2.45) is 11.1 Å². The number of methoxy groups -OCH3 is 1. The molecule has 3 N–H and O–H groups in total. The summed E-state index contributed by atoms with van der Waals surface area (Å²) < 4.78 is 4.98. The highest BCUT2D eigenvalue weighted by Crippen LogP contribution is 2.22. The third-order valence-corrected chi connectivity index (χ3v) is 2.11. The van der Waals surface area contributed by atoms with E-state index in [-0.39, 0.29) is 12.6 Å². The van der Waals surface area contributed by atoms with Gasteiger partial charge in [-0.25, -0.2) is 0 Å². The highest BCUT2D eigenvalue weighted by molar-refractivity contribution is 5.74. The zero-order chi connectivity index (χ0) is 9.78. The average Bonchev–Trinajstić information content (AvgIpc) is 2.03. The average molecular weight is 175 g/mol. The van der Waals surface area contributed by atoms with E-state index >= 15 is 0 Å². The van der Waals surface area contributed by atoms with Crippen molar-refractivity contribution in [2.45, 2.75) is 26.4 Å². The van der Waals surface area contributed by atoms with E-state index in [2.05, 4.69) is 0 Å². The van der Waals surface area contributed by atoms with Crippen LogP contribution in [-0.2, 0) is 9.53 Å². The summed E-state index contributed by atoms with van der Waals surface area (Å²) in [5.41, 5.74) is 4.51. The summed E-state index contributed by atoms with van der Waals surface area (Å²) in [6, 6.07) is 0. The number of hydrogen-bond donors (Lipinski definition) is 2. The summed E-state index contributed by atoms with van der Waals surface area (Å²) in [7, 11) is 1.56. The van der Waals surface area contributed by atoms with Gasteiger partial charge in [0, 0.05) is 13.7 Å². The number of hydrogen-bond acceptors (Lipinski definition) is 3. The molecule has 0 bridgehead atoms. The largest absolute Gasteiger partial charge is 0.481 e. The van der Waals surface area contributed by atoms with Crippen LogP contribution in [0.15, 0.2) is 0 Å². The lowest BCUT2D eigenvalue weighted by Crippen LogP contribution is -2.38. The first-order valence-corrected chi connectivity index (χ1v) is 3.92. The van der Waals surface area contributed by atoms with Gasteiger partial charge in [0.05, 0.1) is 11.5 Å². The molecular formula is C8H17NO3. The molecule has 0 rings (SSSR count). The van der Waals surface area contributed by atoms with Gasteiger partial charge in [-0.1, -0.05) is 0 Å². The van der Waals surface area contributed by atoms with Gasteiger partial charge in [0.1, 0.15) is 0 Å². The zero-order valence-corrected chi connectivity index (χ0v) is 7.83. The molecule has 2 atom stereocenters. The molecule has 72 valence electrons. The fraction of sp³-hybridized carbons (Fsp3) is 0.875. The number of ether oxygens (including phenoxy) is 1. The minimum absolute atomic E-state index is 0.0744. The highest BCUT2D eigenvalue weighted by Gasteiger charge is 2.33. The lowest BCUT2D eigenvalue weighted by molar-refractivity contribution is -0.149. The molecule has 0 aromatic carbocycles. The molecule has 0 saturated carbocycles. The Morgan fingerprint density at radius 1 is 1.75 bits per heavy atom. The normalized spacial score (nSPS) is 18.3. The van der Waals surface area contributed by atoms with Crippen molar-refractivity contribution < 1.29 is 14.6 Å². The first kappa shape index (κ1) is 11.4. The molecule has 0 spiro atoms. The fourth-order valence-corrected chi connectivity index (χ4v) is 0.976. The number of rotatable bonds is 5. The molecule has 0 aliphatic rings. The van der Waals surface area contributed by atoms with Gasteiger partial charge in [0.2, 0.25) is 0 Å². The van der Waals surface area contributed by atoms with Crippen molar-refractivity contribution in [3.8, 4) is 0 Å². The number of carboxylic acid groups (broad SMARTS) is 1. The molecule has 12 heavy (non-hydrogen) atoms. The third kappa shape index (κ3) is 2.79. The second-order valence-electron chi connectivity index (χ2n) is 3.32. The summed E-state index contributed by atoms with van der Waals surface area (Å²) in [6.07, 6.45) is 0.365. The van der Waals surface area contributed by atoms with Gasteiger partial charge in [0.15, 0.2) is 0 Å². The minimum atomic E-state index is -0.867. The van der Waals surface area contributed by atoms with Crippen LogP contribution in [-0.4, -0.2) is 30.8 Å². The predicted octanol–water partition coefficient (Wildman–Crippen LogP) is 0.461. The van der Waals surface area contributed by atoms with Crippen molar-refractivity contribution in [3.63, 3.8) is 0 Å². The Bertz CT molecular complexity index is 160. The molecule has 0 aromatic rings. The minimum Gasteiger partial charge on any atom is -0.481 e. The Morgan fingerprint density at radius 2 is 2.25 bits per heavy atom. The Balaban J connectivity index is 4.23. The summed E-state index contributed by atoms with van der Waals surface area (Å²) in [5.74, 6) is -0.867. The molecule has 4 nitrogen and oxygen atoms in total. The summed E-state index contributed by atoms with van der Waals surface area (Å²) in [5, 5.41) is 8.84. The van der Waals surface area contributed by atoms with Crippen LogP contribution in [0.5, 0.6) is 0 Å². The van der Waals surface area contributed by atoms with Crippen LogP contribution in [0.4, 0.5) is 0 Å². The smallest absolute Gasteiger partial charge is 0.310 e. The van der Waals surface area contributed by atoms with E-state index in [0.29, 0.717) is 6.42 Å². The lowest BCUT2D eigenvalue weighted by Gasteiger charge is -2.25. The van der Waals surface area contributed by atoms with E-state index in [9.17, 15) is 4.79 Å². The molecule has 0 aliphatic carbocycles. The Labute approximate surface area is 72.7 Å². The molecule has 0 aromatic heterocycles. The summed E-state index contributed by atoms with van der Waals surface area (Å²) in [6.45, 7) is 3.59. The van der Waals surface area contributed by atoms with Crippen molar-refractivity contribution in [3.05, 3.63) is 0 Å². The molecule has 0 fully saturated rings. The fourth-order valence-electron chi connectivity index (χ4n) is 0.976. The number of aliphatic carboxylic acids is 1. The third-order valence-electron chi connectivity index (χ3n) is 2.11. The maximum Gasteiger partial charge on any atom is 0.310 e. The van der Waals surface area contributed by atoms with E-state index in [0.717, 1.165) is 0 Å². The molecule has 0 amide bonds. The maximum absolute atomic E-state index is 10.8. The Kier molecular flexibility index (Phi) is 4.20. The summed E-state index contributed by atoms with van der Waals surface area (Å²) >= 11 is 0. The van der Waals surface area contributed by atoms with Crippen LogP contribution in [0.25, 0.3) is 0 Å². The van der Waals surface area contributed by atoms with Gasteiger partial charge in [-0.2, -0.15) is 0 Å². The topological polar surface area (TPSA) is 72.5 Å². The molecule has 2 unspecified atom stereocenters. The van der Waals surface area contributed by atoms with Crippen LogP contribution in [0.3, 0.4) is 0 Å². The van der Waals surface area contributed by atoms with Crippen molar-refractivity contribution >= 4 is 5.97 Å². The van der Waals surface area contributed by atoms with Crippen LogP contribution in [0.1, 0.15) is 20.3 Å². The van der Waals surface area contributed by atoms with E-state index in [1.54, 1.807) is 14.0 Å². The quantitative estimate of drug-likeness (QED) is 0.636. The molecule has 4 heteroatoms. The van der Waals surface area contributed by atoms with Crippen LogP contribution >= 0.6 is 0 Å². The van der Waals surface area contributed by atoms with E-state index in [1.807, 2.05) is 6.92 Å². The number of carboxylic acids is 1. The van der Waals surface area contributed by atoms with Crippen molar-refractivity contribution in [2.75, 3.05) is 13.7 Å².